The molecule has 0 aromatic heterocycles. The fourth-order valence-corrected chi connectivity index (χ4v) is 1.83. The summed E-state index contributed by atoms with van der Waals surface area (Å²) in [6, 6.07) is 4.64. The van der Waals surface area contributed by atoms with Crippen molar-refractivity contribution in [3.05, 3.63) is 29.6 Å². The van der Waals surface area contributed by atoms with Gasteiger partial charge >= 0.3 is 0 Å². The van der Waals surface area contributed by atoms with Gasteiger partial charge < -0.3 is 4.74 Å². The van der Waals surface area contributed by atoms with Gasteiger partial charge in [-0.15, -0.1) is 0 Å². The monoisotopic (exact) mass is 223 g/mol. The molecule has 1 aliphatic heterocycles. The van der Waals surface area contributed by atoms with Crippen LogP contribution in [0.3, 0.4) is 0 Å². The van der Waals surface area contributed by atoms with E-state index in [0.29, 0.717) is 17.9 Å². The number of aliphatic imine (C=N–C) groups is 1. The molecule has 1 aromatic rings. The molecule has 15 heavy (non-hydrogen) atoms. The number of hydrogen-bond acceptors (Lipinski definition) is 3. The molecule has 1 saturated heterocycles. The molecular formula is C11H10FNOS. The number of benzene rings is 1. The first-order valence-electron chi connectivity index (χ1n) is 4.80. The minimum atomic E-state index is -0.245. The van der Waals surface area contributed by atoms with Crippen molar-refractivity contribution in [1.29, 1.82) is 0 Å². The van der Waals surface area contributed by atoms with E-state index in [9.17, 15) is 4.39 Å². The molecule has 78 valence electrons. The van der Waals surface area contributed by atoms with E-state index in [-0.39, 0.29) is 11.9 Å². The first-order chi connectivity index (χ1) is 7.31. The fraction of sp³-hybridized carbons (Fsp3) is 0.364. The number of thiocarbonyl (C=S) groups is 1. The molecule has 0 N–H and O–H groups in total. The summed E-state index contributed by atoms with van der Waals surface area (Å²) in [6.07, 6.45) is 1.71. The molecule has 0 bridgehead atoms. The number of ether oxygens (including phenoxy) is 1. The third-order valence-electron chi connectivity index (χ3n) is 2.43. The SMILES string of the molecule is Fc1ccc(N=C=S)cc1C1CCCO1. The van der Waals surface area contributed by atoms with Crippen molar-refractivity contribution in [2.24, 2.45) is 4.99 Å². The maximum Gasteiger partial charge on any atom is 0.129 e. The van der Waals surface area contributed by atoms with Crippen molar-refractivity contribution >= 4 is 23.1 Å². The van der Waals surface area contributed by atoms with E-state index in [4.69, 9.17) is 4.74 Å². The highest BCUT2D eigenvalue weighted by atomic mass is 32.1. The average molecular weight is 223 g/mol. The second-order valence-electron chi connectivity index (χ2n) is 3.41. The van der Waals surface area contributed by atoms with Crippen LogP contribution in [0.2, 0.25) is 0 Å². The van der Waals surface area contributed by atoms with Gasteiger partial charge in [-0.2, -0.15) is 4.99 Å². The lowest BCUT2D eigenvalue weighted by molar-refractivity contribution is 0.109. The largest absolute Gasteiger partial charge is 0.373 e. The molecule has 2 nitrogen and oxygen atoms in total. The van der Waals surface area contributed by atoms with Gasteiger partial charge in [0.2, 0.25) is 0 Å². The van der Waals surface area contributed by atoms with Crippen LogP contribution in [-0.2, 0) is 4.74 Å². The molecule has 0 aliphatic carbocycles. The molecule has 0 saturated carbocycles. The van der Waals surface area contributed by atoms with Gasteiger partial charge in [0.15, 0.2) is 0 Å². The number of rotatable bonds is 2. The second kappa shape index (κ2) is 4.62. The molecule has 0 amide bonds. The lowest BCUT2D eigenvalue weighted by atomic mass is 10.1. The molecule has 1 heterocycles. The summed E-state index contributed by atoms with van der Waals surface area (Å²) in [6.45, 7) is 0.699. The van der Waals surface area contributed by atoms with Gasteiger partial charge in [0.1, 0.15) is 5.82 Å². The van der Waals surface area contributed by atoms with Crippen molar-refractivity contribution in [3.63, 3.8) is 0 Å². The molecule has 0 spiro atoms. The Morgan fingerprint density at radius 2 is 2.40 bits per heavy atom. The molecule has 0 radical (unpaired) electrons. The van der Waals surface area contributed by atoms with Crippen LogP contribution in [0.4, 0.5) is 10.1 Å². The van der Waals surface area contributed by atoms with Crippen LogP contribution in [0.5, 0.6) is 0 Å². The Balaban J connectivity index is 2.35. The summed E-state index contributed by atoms with van der Waals surface area (Å²) in [4.78, 5) is 3.82. The molecule has 1 unspecified atom stereocenters. The van der Waals surface area contributed by atoms with Gasteiger partial charge in [0, 0.05) is 12.2 Å². The Labute approximate surface area is 92.8 Å². The summed E-state index contributed by atoms with van der Waals surface area (Å²) < 4.78 is 18.9. The molecular weight excluding hydrogens is 213 g/mol. The predicted molar refractivity (Wildman–Crippen MR) is 59.0 cm³/mol. The Bertz CT molecular complexity index is 409. The topological polar surface area (TPSA) is 21.6 Å². The van der Waals surface area contributed by atoms with E-state index in [1.807, 2.05) is 0 Å². The molecule has 4 heteroatoms. The summed E-state index contributed by atoms with van der Waals surface area (Å²) in [5.74, 6) is -0.245. The summed E-state index contributed by atoms with van der Waals surface area (Å²) >= 11 is 4.50. The Hall–Kier alpha value is -1.09. The zero-order valence-corrected chi connectivity index (χ0v) is 8.89. The molecule has 1 aromatic carbocycles. The van der Waals surface area contributed by atoms with Crippen molar-refractivity contribution < 1.29 is 9.13 Å². The van der Waals surface area contributed by atoms with Crippen molar-refractivity contribution in [2.75, 3.05) is 6.61 Å². The third-order valence-corrected chi connectivity index (χ3v) is 2.52. The van der Waals surface area contributed by atoms with Crippen LogP contribution in [-0.4, -0.2) is 11.8 Å². The zero-order chi connectivity index (χ0) is 10.7. The quantitative estimate of drug-likeness (QED) is 0.566. The minimum absolute atomic E-state index is 0.134. The normalized spacial score (nSPS) is 19.9. The van der Waals surface area contributed by atoms with Crippen molar-refractivity contribution in [1.82, 2.24) is 0 Å². The Morgan fingerprint density at radius 3 is 3.07 bits per heavy atom. The predicted octanol–water partition coefficient (Wildman–Crippen LogP) is 3.41. The second-order valence-corrected chi connectivity index (χ2v) is 3.59. The highest BCUT2D eigenvalue weighted by Crippen LogP contribution is 2.32. The standard InChI is InChI=1S/C11H10FNOS/c12-10-4-3-8(13-7-15)6-9(10)11-2-1-5-14-11/h3-4,6,11H,1-2,5H2. The van der Waals surface area contributed by atoms with Gasteiger partial charge in [-0.05, 0) is 43.3 Å². The minimum Gasteiger partial charge on any atom is -0.373 e. The van der Waals surface area contributed by atoms with Gasteiger partial charge in [-0.3, -0.25) is 0 Å². The fourth-order valence-electron chi connectivity index (χ4n) is 1.72. The number of hydrogen-bond donors (Lipinski definition) is 0. The van der Waals surface area contributed by atoms with E-state index in [2.05, 4.69) is 22.4 Å². The molecule has 1 aliphatic rings. The van der Waals surface area contributed by atoms with Crippen molar-refractivity contribution in [2.45, 2.75) is 18.9 Å². The van der Waals surface area contributed by atoms with E-state index in [1.165, 1.54) is 6.07 Å². The third kappa shape index (κ3) is 2.29. The van der Waals surface area contributed by atoms with Crippen LogP contribution in [0.25, 0.3) is 0 Å². The Morgan fingerprint density at radius 1 is 1.53 bits per heavy atom. The maximum absolute atomic E-state index is 13.5. The number of halogens is 1. The highest BCUT2D eigenvalue weighted by Gasteiger charge is 2.21. The first kappa shape index (κ1) is 10.4. The lowest BCUT2D eigenvalue weighted by Crippen LogP contribution is -1.98. The zero-order valence-electron chi connectivity index (χ0n) is 8.07. The van der Waals surface area contributed by atoms with Crippen LogP contribution in [0, 0.1) is 5.82 Å². The van der Waals surface area contributed by atoms with Gasteiger partial charge in [0.25, 0.3) is 0 Å². The number of nitrogens with zero attached hydrogens (tertiary/aromatic N) is 1. The van der Waals surface area contributed by atoms with Crippen LogP contribution in [0.15, 0.2) is 23.2 Å². The van der Waals surface area contributed by atoms with Crippen LogP contribution in [0.1, 0.15) is 24.5 Å². The highest BCUT2D eigenvalue weighted by molar-refractivity contribution is 7.78. The molecule has 1 atom stereocenters. The summed E-state index contributed by atoms with van der Waals surface area (Å²) in [5, 5.41) is 2.27. The smallest absolute Gasteiger partial charge is 0.129 e. The number of isothiocyanates is 1. The summed E-state index contributed by atoms with van der Waals surface area (Å²) in [7, 11) is 0. The lowest BCUT2D eigenvalue weighted by Gasteiger charge is -2.10. The summed E-state index contributed by atoms with van der Waals surface area (Å²) in [5.41, 5.74) is 1.19. The van der Waals surface area contributed by atoms with Gasteiger partial charge in [-0.1, -0.05) is 0 Å². The average Bonchev–Trinajstić information content (AvgIpc) is 2.74. The van der Waals surface area contributed by atoms with E-state index >= 15 is 0 Å². The Kier molecular flexibility index (Phi) is 3.21. The molecule has 1 fully saturated rings. The van der Waals surface area contributed by atoms with Gasteiger partial charge in [-0.25, -0.2) is 4.39 Å². The van der Waals surface area contributed by atoms with Crippen LogP contribution < -0.4 is 0 Å². The van der Waals surface area contributed by atoms with Crippen molar-refractivity contribution in [3.8, 4) is 0 Å². The first-order valence-corrected chi connectivity index (χ1v) is 5.21. The van der Waals surface area contributed by atoms with Gasteiger partial charge in [0.05, 0.1) is 17.0 Å². The van der Waals surface area contributed by atoms with E-state index < -0.39 is 0 Å². The maximum atomic E-state index is 13.5. The molecule has 2 rings (SSSR count). The van der Waals surface area contributed by atoms with Crippen LogP contribution >= 0.6 is 12.2 Å². The van der Waals surface area contributed by atoms with E-state index in [0.717, 1.165) is 12.8 Å². The van der Waals surface area contributed by atoms with E-state index in [1.54, 1.807) is 12.1 Å².